The van der Waals surface area contributed by atoms with Gasteiger partial charge in [0, 0.05) is 23.6 Å². The molecule has 2 heterocycles. The van der Waals surface area contributed by atoms with Gasteiger partial charge in [-0.1, -0.05) is 75.6 Å². The van der Waals surface area contributed by atoms with Gasteiger partial charge in [0.05, 0.1) is 0 Å². The van der Waals surface area contributed by atoms with Crippen molar-refractivity contribution in [1.82, 2.24) is 10.2 Å². The third-order valence-corrected chi connectivity index (χ3v) is 4.81. The number of unbranched alkanes of at least 4 members (excludes halogenated alkanes) is 1. The number of fused-ring (bicyclic) bond motifs is 1. The molecule has 144 valence electrons. The normalized spacial score (nSPS) is 18.5. The summed E-state index contributed by atoms with van der Waals surface area (Å²) in [4.78, 5) is 2.18. The van der Waals surface area contributed by atoms with Crippen LogP contribution in [0.25, 0.3) is 5.57 Å². The van der Waals surface area contributed by atoms with E-state index in [1.807, 2.05) is 24.4 Å². The molecule has 3 heteroatoms. The minimum atomic E-state index is 0.238. The number of rotatable bonds is 5. The number of nitrogens with one attached hydrogen (secondary N) is 1. The molecule has 0 radical (unpaired) electrons. The molecule has 1 unspecified atom stereocenters. The smallest absolute Gasteiger partial charge is 0.122 e. The summed E-state index contributed by atoms with van der Waals surface area (Å²) in [5.41, 5.74) is 4.81. The van der Waals surface area contributed by atoms with E-state index in [0.717, 1.165) is 17.0 Å². The lowest BCUT2D eigenvalue weighted by Crippen LogP contribution is -2.31. The van der Waals surface area contributed by atoms with E-state index in [1.54, 1.807) is 0 Å². The van der Waals surface area contributed by atoms with Gasteiger partial charge >= 0.3 is 0 Å². The monoisotopic (exact) mass is 382 g/mol. The van der Waals surface area contributed by atoms with Crippen molar-refractivity contribution in [2.24, 2.45) is 0 Å². The summed E-state index contributed by atoms with van der Waals surface area (Å²) < 4.78 is 0. The summed E-state index contributed by atoms with van der Waals surface area (Å²) in [7, 11) is 0. The summed E-state index contributed by atoms with van der Waals surface area (Å²) in [6.07, 6.45) is 18.9. The minimum Gasteiger partial charge on any atom is -0.366 e. The highest BCUT2D eigenvalue weighted by Gasteiger charge is 2.19. The van der Waals surface area contributed by atoms with E-state index >= 15 is 0 Å². The first-order valence-corrected chi connectivity index (χ1v) is 10.2. The Morgan fingerprint density at radius 3 is 2.67 bits per heavy atom. The van der Waals surface area contributed by atoms with Crippen LogP contribution in [0.5, 0.6) is 0 Å². The van der Waals surface area contributed by atoms with Gasteiger partial charge in [0.2, 0.25) is 0 Å². The molecule has 0 spiro atoms. The highest BCUT2D eigenvalue weighted by Crippen LogP contribution is 2.30. The Balaban J connectivity index is 0.000000596. The zero-order valence-corrected chi connectivity index (χ0v) is 17.6. The van der Waals surface area contributed by atoms with Crippen LogP contribution >= 0.6 is 11.6 Å². The van der Waals surface area contributed by atoms with E-state index in [1.165, 1.54) is 29.6 Å². The van der Waals surface area contributed by atoms with Gasteiger partial charge in [-0.25, -0.2) is 0 Å². The van der Waals surface area contributed by atoms with Crippen molar-refractivity contribution in [3.63, 3.8) is 0 Å². The van der Waals surface area contributed by atoms with Gasteiger partial charge in [-0.2, -0.15) is 0 Å². The number of allylic oxidation sites excluding steroid dienone is 6. The number of halogens is 1. The molecule has 0 fully saturated rings. The zero-order chi connectivity index (χ0) is 19.6. The first-order chi connectivity index (χ1) is 13.1. The van der Waals surface area contributed by atoms with E-state index < -0.39 is 0 Å². The molecule has 27 heavy (non-hydrogen) atoms. The maximum atomic E-state index is 6.16. The van der Waals surface area contributed by atoms with Gasteiger partial charge in [-0.3, -0.25) is 0 Å². The van der Waals surface area contributed by atoms with Crippen LogP contribution in [-0.4, -0.2) is 11.1 Å². The fraction of sp³-hybridized carbons (Fsp3) is 0.333. The Hall–Kier alpha value is -2.19. The fourth-order valence-corrected chi connectivity index (χ4v) is 2.98. The summed E-state index contributed by atoms with van der Waals surface area (Å²) in [5, 5.41) is 4.06. The topological polar surface area (TPSA) is 15.3 Å². The maximum Gasteiger partial charge on any atom is 0.122 e. The van der Waals surface area contributed by atoms with Crippen molar-refractivity contribution in [3.8, 4) is 0 Å². The summed E-state index contributed by atoms with van der Waals surface area (Å²) >= 11 is 6.16. The maximum absolute atomic E-state index is 6.16. The first-order valence-electron chi connectivity index (χ1n) is 9.84. The standard InChI is InChI=1S/C20H21ClN2.C4H10/c1-3-4-8-19(15(2)16-6-5-7-18(21)13-16)17-9-10-20-22-11-12-23(20)14-17;1-3-4-2/h4-14,20,22H,3H2,1-2H3;3-4H2,1-2H3/b8-4-,19-15-;. The Morgan fingerprint density at radius 1 is 1.22 bits per heavy atom. The predicted molar refractivity (Wildman–Crippen MR) is 119 cm³/mol. The molecule has 0 bridgehead atoms. The van der Waals surface area contributed by atoms with Crippen molar-refractivity contribution in [2.45, 2.75) is 53.1 Å². The molecule has 2 aliphatic rings. The third-order valence-electron chi connectivity index (χ3n) is 4.57. The van der Waals surface area contributed by atoms with Gasteiger partial charge in [0.15, 0.2) is 0 Å². The molecule has 2 nitrogen and oxygen atoms in total. The number of benzene rings is 1. The van der Waals surface area contributed by atoms with Crippen LogP contribution in [0.15, 0.2) is 78.3 Å². The second kappa shape index (κ2) is 10.8. The average molecular weight is 383 g/mol. The van der Waals surface area contributed by atoms with Crippen LogP contribution in [0.2, 0.25) is 5.02 Å². The molecule has 0 aromatic heterocycles. The molecule has 0 amide bonds. The first kappa shape index (κ1) is 21.1. The lowest BCUT2D eigenvalue weighted by molar-refractivity contribution is 0.423. The Kier molecular flexibility index (Phi) is 8.47. The average Bonchev–Trinajstić information content (AvgIpc) is 3.16. The Bertz CT molecular complexity index is 766. The van der Waals surface area contributed by atoms with Crippen LogP contribution in [-0.2, 0) is 0 Å². The quantitative estimate of drug-likeness (QED) is 0.549. The van der Waals surface area contributed by atoms with E-state index in [0.29, 0.717) is 0 Å². The molecular weight excluding hydrogens is 352 g/mol. The number of nitrogens with zero attached hydrogens (tertiary/aromatic N) is 1. The van der Waals surface area contributed by atoms with E-state index in [2.05, 4.69) is 80.7 Å². The van der Waals surface area contributed by atoms with Crippen LogP contribution in [0.4, 0.5) is 0 Å². The van der Waals surface area contributed by atoms with E-state index in [-0.39, 0.29) is 6.17 Å². The van der Waals surface area contributed by atoms with Crippen LogP contribution in [0, 0.1) is 0 Å². The predicted octanol–water partition coefficient (Wildman–Crippen LogP) is 7.04. The lowest BCUT2D eigenvalue weighted by atomic mass is 9.94. The molecule has 0 saturated heterocycles. The molecule has 2 aliphatic heterocycles. The summed E-state index contributed by atoms with van der Waals surface area (Å²) in [5.74, 6) is 0. The molecule has 1 atom stereocenters. The van der Waals surface area contributed by atoms with Crippen molar-refractivity contribution in [3.05, 3.63) is 88.9 Å². The zero-order valence-electron chi connectivity index (χ0n) is 16.9. The van der Waals surface area contributed by atoms with Gasteiger partial charge in [0.25, 0.3) is 0 Å². The van der Waals surface area contributed by atoms with E-state index in [9.17, 15) is 0 Å². The highest BCUT2D eigenvalue weighted by atomic mass is 35.5. The molecule has 0 aliphatic carbocycles. The summed E-state index contributed by atoms with van der Waals surface area (Å²) in [6.45, 7) is 8.66. The van der Waals surface area contributed by atoms with Crippen molar-refractivity contribution in [1.29, 1.82) is 0 Å². The van der Waals surface area contributed by atoms with Crippen LogP contribution in [0.3, 0.4) is 0 Å². The Morgan fingerprint density at radius 2 is 2.00 bits per heavy atom. The molecular formula is C24H31ClN2. The van der Waals surface area contributed by atoms with Gasteiger partial charge in [0.1, 0.15) is 6.17 Å². The fourth-order valence-electron chi connectivity index (χ4n) is 2.79. The van der Waals surface area contributed by atoms with Crippen molar-refractivity contribution < 1.29 is 0 Å². The molecule has 1 aromatic carbocycles. The molecule has 0 saturated carbocycles. The van der Waals surface area contributed by atoms with Crippen LogP contribution < -0.4 is 5.32 Å². The van der Waals surface area contributed by atoms with Crippen molar-refractivity contribution in [2.75, 3.05) is 0 Å². The summed E-state index contributed by atoms with van der Waals surface area (Å²) in [6, 6.07) is 8.03. The number of hydrogen-bond acceptors (Lipinski definition) is 2. The number of hydrogen-bond donors (Lipinski definition) is 1. The Labute approximate surface area is 169 Å². The SMILES string of the molecule is CC/C=C\C(C1=CN2C=CNC2C=C1)=C(/C)c1cccc(Cl)c1.CCCC. The van der Waals surface area contributed by atoms with Gasteiger partial charge < -0.3 is 10.2 Å². The van der Waals surface area contributed by atoms with Gasteiger partial charge in [-0.05, 0) is 53.8 Å². The second-order valence-corrected chi connectivity index (χ2v) is 7.11. The second-order valence-electron chi connectivity index (χ2n) is 6.68. The molecule has 3 rings (SSSR count). The van der Waals surface area contributed by atoms with E-state index in [4.69, 9.17) is 11.6 Å². The van der Waals surface area contributed by atoms with Crippen LogP contribution in [0.1, 0.15) is 52.5 Å². The molecule has 1 N–H and O–H groups in total. The third kappa shape index (κ3) is 5.90. The lowest BCUT2D eigenvalue weighted by Gasteiger charge is -2.25. The highest BCUT2D eigenvalue weighted by molar-refractivity contribution is 6.30. The van der Waals surface area contributed by atoms with Gasteiger partial charge in [-0.15, -0.1) is 0 Å². The minimum absolute atomic E-state index is 0.238. The molecule has 1 aromatic rings. The van der Waals surface area contributed by atoms with Crippen molar-refractivity contribution >= 4 is 17.2 Å². The largest absolute Gasteiger partial charge is 0.366 e.